The van der Waals surface area contributed by atoms with E-state index in [1.807, 2.05) is 58.0 Å². The van der Waals surface area contributed by atoms with Gasteiger partial charge in [0.05, 0.1) is 0 Å². The van der Waals surface area contributed by atoms with Crippen molar-refractivity contribution in [3.63, 3.8) is 0 Å². The van der Waals surface area contributed by atoms with Crippen LogP contribution in [0.1, 0.15) is 84.9 Å². The van der Waals surface area contributed by atoms with Crippen molar-refractivity contribution in [1.82, 2.24) is 0 Å². The maximum atomic E-state index is 13.1. The summed E-state index contributed by atoms with van der Waals surface area (Å²) in [5.41, 5.74) is 1.25. The Hall–Kier alpha value is -2.82. The van der Waals surface area contributed by atoms with Gasteiger partial charge in [-0.25, -0.2) is 0 Å². The van der Waals surface area contributed by atoms with E-state index in [-0.39, 0.29) is 65.0 Å². The number of phenolic OH excluding ortho intramolecular Hbond substituents is 2. The van der Waals surface area contributed by atoms with E-state index in [0.29, 0.717) is 18.4 Å². The summed E-state index contributed by atoms with van der Waals surface area (Å²) in [6.07, 6.45) is 1.14. The number of ether oxygens (including phenoxy) is 1. The van der Waals surface area contributed by atoms with Crippen molar-refractivity contribution in [2.75, 3.05) is 0 Å². The van der Waals surface area contributed by atoms with Gasteiger partial charge in [-0.1, -0.05) is 58.0 Å². The minimum Gasteiger partial charge on any atom is -0.507 e. The van der Waals surface area contributed by atoms with Gasteiger partial charge in [0.15, 0.2) is 11.6 Å². The first kappa shape index (κ1) is 21.9. The van der Waals surface area contributed by atoms with Crippen LogP contribution in [0.15, 0.2) is 30.3 Å². The highest BCUT2D eigenvalue weighted by Crippen LogP contribution is 2.49. The van der Waals surface area contributed by atoms with Gasteiger partial charge in [-0.15, -0.1) is 0 Å². The summed E-state index contributed by atoms with van der Waals surface area (Å²) in [4.78, 5) is 25.9. The van der Waals surface area contributed by atoms with Gasteiger partial charge in [0.25, 0.3) is 0 Å². The highest BCUT2D eigenvalue weighted by molar-refractivity contribution is 6.09. The van der Waals surface area contributed by atoms with Gasteiger partial charge in [0.1, 0.15) is 34.5 Å². The molecule has 5 nitrogen and oxygen atoms in total. The smallest absolute Gasteiger partial charge is 0.170 e. The molecule has 0 bridgehead atoms. The molecule has 2 N–H and O–H groups in total. The topological polar surface area (TPSA) is 83.8 Å². The number of aromatic hydroxyl groups is 2. The number of fused-ring (bicyclic) bond motifs is 1. The van der Waals surface area contributed by atoms with Crippen LogP contribution in [0.4, 0.5) is 0 Å². The van der Waals surface area contributed by atoms with Gasteiger partial charge >= 0.3 is 0 Å². The summed E-state index contributed by atoms with van der Waals surface area (Å²) in [5.74, 6) is -1.04. The maximum Gasteiger partial charge on any atom is 0.170 e. The van der Waals surface area contributed by atoms with Crippen molar-refractivity contribution in [1.29, 1.82) is 0 Å². The standard InChI is InChI=1S/C25H30O5/c1-14(2)12-18(26)21-23(28)17-10-11-20(16-8-6-5-7-9-16)30-25(17)22(24(21)29)19(27)13-15(3)4/h5-9,14-15,20,28-29H,10-13H2,1-4H3. The number of rotatable bonds is 7. The average molecular weight is 411 g/mol. The highest BCUT2D eigenvalue weighted by atomic mass is 16.5. The molecule has 0 spiro atoms. The number of Topliss-reactive ketones (excluding diaryl/α,β-unsaturated/α-hetero) is 2. The second-order valence-corrected chi connectivity index (χ2v) is 8.85. The largest absolute Gasteiger partial charge is 0.507 e. The second-order valence-electron chi connectivity index (χ2n) is 8.85. The van der Waals surface area contributed by atoms with Crippen molar-refractivity contribution >= 4 is 11.6 Å². The van der Waals surface area contributed by atoms with Crippen LogP contribution in [0.5, 0.6) is 17.2 Å². The summed E-state index contributed by atoms with van der Waals surface area (Å²) in [5, 5.41) is 21.8. The third-order valence-electron chi connectivity index (χ3n) is 5.33. The Morgan fingerprint density at radius 2 is 1.50 bits per heavy atom. The molecule has 160 valence electrons. The molecule has 0 aliphatic carbocycles. The van der Waals surface area contributed by atoms with E-state index in [0.717, 1.165) is 5.56 Å². The van der Waals surface area contributed by atoms with Crippen molar-refractivity contribution in [2.45, 2.75) is 59.5 Å². The second kappa shape index (κ2) is 8.90. The zero-order valence-corrected chi connectivity index (χ0v) is 18.1. The highest BCUT2D eigenvalue weighted by Gasteiger charge is 2.35. The molecule has 30 heavy (non-hydrogen) atoms. The third kappa shape index (κ3) is 4.35. The molecule has 0 saturated carbocycles. The number of phenols is 2. The van der Waals surface area contributed by atoms with E-state index in [9.17, 15) is 19.8 Å². The minimum atomic E-state index is -0.462. The molecule has 2 aromatic rings. The quantitative estimate of drug-likeness (QED) is 0.579. The maximum absolute atomic E-state index is 13.1. The molecule has 0 saturated heterocycles. The Balaban J connectivity index is 2.15. The van der Waals surface area contributed by atoms with Crippen molar-refractivity contribution in [3.05, 3.63) is 52.6 Å². The van der Waals surface area contributed by atoms with Crippen molar-refractivity contribution in [2.24, 2.45) is 11.8 Å². The zero-order valence-electron chi connectivity index (χ0n) is 18.1. The molecule has 0 amide bonds. The van der Waals surface area contributed by atoms with Crippen molar-refractivity contribution in [3.8, 4) is 17.2 Å². The zero-order chi connectivity index (χ0) is 22.0. The lowest BCUT2D eigenvalue weighted by molar-refractivity contribution is 0.0950. The summed E-state index contributed by atoms with van der Waals surface area (Å²) >= 11 is 0. The van der Waals surface area contributed by atoms with Crippen LogP contribution < -0.4 is 4.74 Å². The molecule has 0 aromatic heterocycles. The fraction of sp³-hybridized carbons (Fsp3) is 0.440. The molecule has 3 rings (SSSR count). The molecule has 1 heterocycles. The summed E-state index contributed by atoms with van der Waals surface area (Å²) < 4.78 is 6.18. The fourth-order valence-electron chi connectivity index (χ4n) is 3.96. The number of benzene rings is 2. The van der Waals surface area contributed by atoms with E-state index in [1.165, 1.54) is 0 Å². The number of hydrogen-bond acceptors (Lipinski definition) is 5. The number of carbonyl (C=O) groups is 2. The van der Waals surface area contributed by atoms with Crippen LogP contribution in [0.25, 0.3) is 0 Å². The molecular weight excluding hydrogens is 380 g/mol. The van der Waals surface area contributed by atoms with E-state index >= 15 is 0 Å². The minimum absolute atomic E-state index is 0.0178. The van der Waals surface area contributed by atoms with Crippen LogP contribution in [0.2, 0.25) is 0 Å². The van der Waals surface area contributed by atoms with Gasteiger partial charge in [-0.3, -0.25) is 9.59 Å². The number of carbonyl (C=O) groups excluding carboxylic acids is 2. The first-order valence-electron chi connectivity index (χ1n) is 10.6. The Morgan fingerprint density at radius 3 is 2.07 bits per heavy atom. The van der Waals surface area contributed by atoms with Gasteiger partial charge in [-0.05, 0) is 30.2 Å². The fourth-order valence-corrected chi connectivity index (χ4v) is 3.96. The molecule has 0 fully saturated rings. The molecule has 5 heteroatoms. The van der Waals surface area contributed by atoms with Gasteiger partial charge < -0.3 is 14.9 Å². The molecule has 1 aliphatic heterocycles. The molecule has 1 aliphatic rings. The van der Waals surface area contributed by atoms with Crippen LogP contribution in [-0.4, -0.2) is 21.8 Å². The summed E-state index contributed by atoms with van der Waals surface area (Å²) in [7, 11) is 0. The van der Waals surface area contributed by atoms with E-state index in [1.54, 1.807) is 0 Å². The molecule has 2 aromatic carbocycles. The predicted octanol–water partition coefficient (Wildman–Crippen LogP) is 5.62. The molecule has 1 atom stereocenters. The molecule has 1 unspecified atom stereocenters. The van der Waals surface area contributed by atoms with Crippen LogP contribution in [0.3, 0.4) is 0 Å². The lowest BCUT2D eigenvalue weighted by atomic mass is 9.87. The van der Waals surface area contributed by atoms with Gasteiger partial charge in [0, 0.05) is 18.4 Å². The van der Waals surface area contributed by atoms with Crippen LogP contribution in [0, 0.1) is 11.8 Å². The summed E-state index contributed by atoms with van der Waals surface area (Å²) in [6.45, 7) is 7.62. The predicted molar refractivity (Wildman–Crippen MR) is 115 cm³/mol. The van der Waals surface area contributed by atoms with E-state index in [4.69, 9.17) is 4.74 Å². The van der Waals surface area contributed by atoms with Gasteiger partial charge in [-0.2, -0.15) is 0 Å². The van der Waals surface area contributed by atoms with Crippen molar-refractivity contribution < 1.29 is 24.5 Å². The van der Waals surface area contributed by atoms with E-state index in [2.05, 4.69) is 0 Å². The first-order valence-corrected chi connectivity index (χ1v) is 10.6. The molecular formula is C25H30O5. The Labute approximate surface area is 177 Å². The monoisotopic (exact) mass is 410 g/mol. The first-order chi connectivity index (χ1) is 14.2. The van der Waals surface area contributed by atoms with E-state index < -0.39 is 5.75 Å². The number of ketones is 2. The van der Waals surface area contributed by atoms with Crippen LogP contribution >= 0.6 is 0 Å². The average Bonchev–Trinajstić information content (AvgIpc) is 2.67. The number of hydrogen-bond donors (Lipinski definition) is 2. The lowest BCUT2D eigenvalue weighted by Crippen LogP contribution is -2.20. The van der Waals surface area contributed by atoms with Gasteiger partial charge in [0.2, 0.25) is 0 Å². The lowest BCUT2D eigenvalue weighted by Gasteiger charge is -2.30. The third-order valence-corrected chi connectivity index (χ3v) is 5.33. The molecule has 0 radical (unpaired) electrons. The Bertz CT molecular complexity index is 944. The summed E-state index contributed by atoms with van der Waals surface area (Å²) in [6, 6.07) is 9.66. The normalized spacial score (nSPS) is 15.7. The van der Waals surface area contributed by atoms with Crippen LogP contribution in [-0.2, 0) is 6.42 Å². The Morgan fingerprint density at radius 1 is 0.933 bits per heavy atom. The Kier molecular flexibility index (Phi) is 6.49. The SMILES string of the molecule is CC(C)CC(=O)c1c(O)c2c(c(C(=O)CC(C)C)c1O)OC(c1ccccc1)CC2.